The van der Waals surface area contributed by atoms with Crippen LogP contribution in [0.5, 0.6) is 0 Å². The lowest BCUT2D eigenvalue weighted by atomic mass is 9.44. The largest absolute Gasteiger partial charge is 0.469 e. The van der Waals surface area contributed by atoms with E-state index < -0.39 is 0 Å². The van der Waals surface area contributed by atoms with Gasteiger partial charge in [0.25, 0.3) is 0 Å². The molecule has 0 heterocycles. The Morgan fingerprint density at radius 1 is 0.920 bits per heavy atom. The van der Waals surface area contributed by atoms with E-state index in [1.54, 1.807) is 7.11 Å². The van der Waals surface area contributed by atoms with Gasteiger partial charge in [-0.05, 0) is 91.8 Å². The average Bonchev–Trinajstić information content (AvgIpc) is 2.97. The second-order valence-corrected chi connectivity index (χ2v) is 10.4. The van der Waals surface area contributed by atoms with Gasteiger partial charge in [-0.3, -0.25) is 4.79 Å². The van der Waals surface area contributed by atoms with Gasteiger partial charge in [0.05, 0.1) is 13.0 Å². The van der Waals surface area contributed by atoms with Gasteiger partial charge in [-0.2, -0.15) is 0 Å². The van der Waals surface area contributed by atoms with E-state index in [-0.39, 0.29) is 11.9 Å². The highest BCUT2D eigenvalue weighted by Gasteiger charge is 2.60. The molecule has 8 atom stereocenters. The topological polar surface area (TPSA) is 26.3 Å². The number of ether oxygens (including phenoxy) is 1. The van der Waals surface area contributed by atoms with Crippen molar-refractivity contribution >= 4 is 5.97 Å². The molecule has 142 valence electrons. The summed E-state index contributed by atoms with van der Waals surface area (Å²) in [5.41, 5.74) is 0.987. The van der Waals surface area contributed by atoms with Crippen LogP contribution in [0.2, 0.25) is 0 Å². The number of carbonyl (C=O) groups excluding carboxylic acids is 1. The van der Waals surface area contributed by atoms with E-state index in [1.165, 1.54) is 64.2 Å². The van der Waals surface area contributed by atoms with Crippen molar-refractivity contribution in [3.8, 4) is 0 Å². The van der Waals surface area contributed by atoms with Gasteiger partial charge in [-0.1, -0.05) is 33.6 Å². The molecule has 0 N–H and O–H groups in total. The molecule has 0 aromatic carbocycles. The van der Waals surface area contributed by atoms with Crippen molar-refractivity contribution < 1.29 is 9.53 Å². The third-order valence-electron chi connectivity index (χ3n) is 9.83. The first-order chi connectivity index (χ1) is 11.9. The minimum absolute atomic E-state index is 0.0111. The van der Waals surface area contributed by atoms with Crippen LogP contribution in [0.4, 0.5) is 0 Å². The van der Waals surface area contributed by atoms with E-state index in [1.807, 2.05) is 0 Å². The number of esters is 1. The van der Waals surface area contributed by atoms with Crippen molar-refractivity contribution in [2.75, 3.05) is 7.11 Å². The summed E-state index contributed by atoms with van der Waals surface area (Å²) in [6, 6.07) is 0. The first-order valence-corrected chi connectivity index (χ1v) is 11.0. The first kappa shape index (κ1) is 17.9. The molecule has 0 spiro atoms. The fourth-order valence-electron chi connectivity index (χ4n) is 8.51. The molecule has 25 heavy (non-hydrogen) atoms. The molecule has 2 heteroatoms. The molecule has 4 aliphatic carbocycles. The predicted molar refractivity (Wildman–Crippen MR) is 101 cm³/mol. The molecule has 0 radical (unpaired) electrons. The van der Waals surface area contributed by atoms with Crippen LogP contribution >= 0.6 is 0 Å². The van der Waals surface area contributed by atoms with E-state index in [4.69, 9.17) is 4.74 Å². The Morgan fingerprint density at radius 3 is 2.44 bits per heavy atom. The lowest BCUT2D eigenvalue weighted by molar-refractivity contribution is -0.151. The van der Waals surface area contributed by atoms with E-state index in [0.29, 0.717) is 16.7 Å². The smallest absolute Gasteiger partial charge is 0.308 e. The van der Waals surface area contributed by atoms with Crippen LogP contribution in [0.1, 0.15) is 85.0 Å². The third-order valence-corrected chi connectivity index (χ3v) is 9.83. The van der Waals surface area contributed by atoms with Gasteiger partial charge < -0.3 is 4.74 Å². The number of rotatable bonds is 2. The Morgan fingerprint density at radius 2 is 1.68 bits per heavy atom. The Kier molecular flexibility index (Phi) is 4.48. The Labute approximate surface area is 154 Å². The predicted octanol–water partition coefficient (Wildman–Crippen LogP) is 5.84. The summed E-state index contributed by atoms with van der Waals surface area (Å²) in [6.45, 7) is 7.30. The van der Waals surface area contributed by atoms with Crippen molar-refractivity contribution in [3.63, 3.8) is 0 Å². The Balaban J connectivity index is 1.58. The van der Waals surface area contributed by atoms with Crippen molar-refractivity contribution in [3.05, 3.63) is 0 Å². The number of fused-ring (bicyclic) bond motifs is 5. The molecule has 0 aromatic heterocycles. The normalized spacial score (nSPS) is 50.3. The minimum atomic E-state index is 0.0111. The fourth-order valence-corrected chi connectivity index (χ4v) is 8.51. The molecular weight excluding hydrogens is 308 g/mol. The van der Waals surface area contributed by atoms with Crippen molar-refractivity contribution in [2.45, 2.75) is 85.0 Å². The van der Waals surface area contributed by atoms with Gasteiger partial charge in [0.1, 0.15) is 0 Å². The molecular formula is C23H38O2. The lowest BCUT2D eigenvalue weighted by Gasteiger charge is -2.60. The molecule has 4 rings (SSSR count). The van der Waals surface area contributed by atoms with Crippen LogP contribution in [0.25, 0.3) is 0 Å². The van der Waals surface area contributed by atoms with Crippen LogP contribution in [0, 0.1) is 46.3 Å². The summed E-state index contributed by atoms with van der Waals surface area (Å²) < 4.78 is 5.10. The second-order valence-electron chi connectivity index (χ2n) is 10.4. The molecule has 0 aromatic rings. The molecule has 0 saturated heterocycles. The van der Waals surface area contributed by atoms with Crippen LogP contribution < -0.4 is 0 Å². The quantitative estimate of drug-likeness (QED) is 0.587. The molecule has 0 aliphatic heterocycles. The molecule has 4 saturated carbocycles. The monoisotopic (exact) mass is 346 g/mol. The zero-order valence-electron chi connectivity index (χ0n) is 16.9. The zero-order chi connectivity index (χ0) is 17.8. The molecule has 0 bridgehead atoms. The maximum absolute atomic E-state index is 12.2. The van der Waals surface area contributed by atoms with Gasteiger partial charge in [0, 0.05) is 0 Å². The average molecular weight is 347 g/mol. The van der Waals surface area contributed by atoms with Crippen LogP contribution in [-0.4, -0.2) is 13.1 Å². The standard InChI is InChI=1S/C23H38O2/c1-15(21(24)25-4)18-10-11-19-17-9-8-16-7-5-6-13-22(16,2)20(17)12-14-23(18,19)3/h15-20H,5-14H2,1-4H3/t15-,16-,17-,18+,19-,20-,22+,23+/m1/s1. The van der Waals surface area contributed by atoms with Crippen molar-refractivity contribution in [1.29, 1.82) is 0 Å². The van der Waals surface area contributed by atoms with Crippen molar-refractivity contribution in [2.24, 2.45) is 46.3 Å². The van der Waals surface area contributed by atoms with Crippen LogP contribution in [0.3, 0.4) is 0 Å². The number of carbonyl (C=O) groups is 1. The van der Waals surface area contributed by atoms with E-state index >= 15 is 0 Å². The highest BCUT2D eigenvalue weighted by molar-refractivity contribution is 5.72. The van der Waals surface area contributed by atoms with E-state index in [9.17, 15) is 4.79 Å². The lowest BCUT2D eigenvalue weighted by Crippen LogP contribution is -2.53. The van der Waals surface area contributed by atoms with Gasteiger partial charge in [-0.25, -0.2) is 0 Å². The Bertz CT molecular complexity index is 528. The van der Waals surface area contributed by atoms with Gasteiger partial charge >= 0.3 is 5.97 Å². The maximum atomic E-state index is 12.2. The van der Waals surface area contributed by atoms with Gasteiger partial charge in [0.2, 0.25) is 0 Å². The van der Waals surface area contributed by atoms with Gasteiger partial charge in [0.15, 0.2) is 0 Å². The fraction of sp³-hybridized carbons (Fsp3) is 0.957. The number of methoxy groups -OCH3 is 1. The highest BCUT2D eigenvalue weighted by atomic mass is 16.5. The molecule has 2 nitrogen and oxygen atoms in total. The molecule has 4 aliphatic rings. The molecule has 0 unspecified atom stereocenters. The summed E-state index contributed by atoms with van der Waals surface area (Å²) in [5, 5.41) is 0. The zero-order valence-corrected chi connectivity index (χ0v) is 16.9. The van der Waals surface area contributed by atoms with Crippen LogP contribution in [-0.2, 0) is 9.53 Å². The first-order valence-electron chi connectivity index (χ1n) is 11.0. The summed E-state index contributed by atoms with van der Waals surface area (Å²) in [7, 11) is 1.55. The molecule has 4 fully saturated rings. The number of hydrogen-bond acceptors (Lipinski definition) is 2. The summed E-state index contributed by atoms with van der Waals surface area (Å²) in [5.74, 6) is 4.34. The maximum Gasteiger partial charge on any atom is 0.308 e. The van der Waals surface area contributed by atoms with E-state index in [0.717, 1.165) is 23.7 Å². The summed E-state index contributed by atoms with van der Waals surface area (Å²) in [6.07, 6.45) is 14.2. The van der Waals surface area contributed by atoms with Crippen molar-refractivity contribution in [1.82, 2.24) is 0 Å². The molecule has 0 amide bonds. The SMILES string of the molecule is COC(=O)[C@H](C)[C@@H]1CC[C@@H]2[C@H]3CC[C@H]4CCCC[C@]4(C)[C@@H]3CC[C@]21C. The summed E-state index contributed by atoms with van der Waals surface area (Å²) >= 11 is 0. The Hall–Kier alpha value is -0.530. The highest BCUT2D eigenvalue weighted by Crippen LogP contribution is 2.68. The number of hydrogen-bond donors (Lipinski definition) is 0. The summed E-state index contributed by atoms with van der Waals surface area (Å²) in [4.78, 5) is 12.2. The van der Waals surface area contributed by atoms with Gasteiger partial charge in [-0.15, -0.1) is 0 Å². The van der Waals surface area contributed by atoms with E-state index in [2.05, 4.69) is 20.8 Å². The van der Waals surface area contributed by atoms with Crippen LogP contribution in [0.15, 0.2) is 0 Å². The second kappa shape index (κ2) is 6.27. The third kappa shape index (κ3) is 2.52. The minimum Gasteiger partial charge on any atom is -0.469 e.